The third kappa shape index (κ3) is 5.00. The Morgan fingerprint density at radius 3 is 1.92 bits per heavy atom. The fourth-order valence-electron chi connectivity index (χ4n) is 3.37. The summed E-state index contributed by atoms with van der Waals surface area (Å²) in [5.41, 5.74) is 4.90. The lowest BCUT2D eigenvalue weighted by atomic mass is 9.80. The Morgan fingerprint density at radius 2 is 1.33 bits per heavy atom. The Morgan fingerprint density at radius 1 is 0.792 bits per heavy atom. The highest BCUT2D eigenvalue weighted by atomic mass is 14.2. The predicted molar refractivity (Wildman–Crippen MR) is 103 cm³/mol. The number of benzene rings is 2. The maximum atomic E-state index is 3.27. The van der Waals surface area contributed by atoms with E-state index in [1.807, 2.05) is 0 Å². The van der Waals surface area contributed by atoms with Gasteiger partial charge in [-0.05, 0) is 87.1 Å². The summed E-state index contributed by atoms with van der Waals surface area (Å²) in [5, 5.41) is 0. The van der Waals surface area contributed by atoms with Crippen molar-refractivity contribution >= 4 is 0 Å². The van der Waals surface area contributed by atoms with Gasteiger partial charge in [0.2, 0.25) is 0 Å². The number of rotatable bonds is 3. The van der Waals surface area contributed by atoms with Gasteiger partial charge in [-0.25, -0.2) is 0 Å². The molecular weight excluding hydrogens is 288 g/mol. The van der Waals surface area contributed by atoms with Crippen LogP contribution in [-0.4, -0.2) is 0 Å². The molecule has 0 aromatic heterocycles. The molecule has 0 heterocycles. The average molecular weight is 315 g/mol. The molecule has 1 radical (unpaired) electrons. The van der Waals surface area contributed by atoms with E-state index in [1.165, 1.54) is 49.7 Å². The summed E-state index contributed by atoms with van der Waals surface area (Å²) in [6.07, 6.45) is 8.02. The third-order valence-corrected chi connectivity index (χ3v) is 5.16. The molecule has 0 bridgehead atoms. The maximum absolute atomic E-state index is 3.27. The fourth-order valence-corrected chi connectivity index (χ4v) is 3.37. The van der Waals surface area contributed by atoms with Crippen molar-refractivity contribution in [1.29, 1.82) is 0 Å². The van der Waals surface area contributed by atoms with Gasteiger partial charge in [0.15, 0.2) is 0 Å². The first-order valence-corrected chi connectivity index (χ1v) is 9.18. The molecule has 1 aliphatic carbocycles. The van der Waals surface area contributed by atoms with E-state index in [0.717, 1.165) is 17.0 Å². The van der Waals surface area contributed by atoms with E-state index in [9.17, 15) is 0 Å². The second-order valence-corrected chi connectivity index (χ2v) is 7.25. The molecule has 1 aliphatic rings. The highest BCUT2D eigenvalue weighted by Gasteiger charge is 2.17. The van der Waals surface area contributed by atoms with Crippen LogP contribution >= 0.6 is 0 Å². The molecule has 1 saturated carbocycles. The van der Waals surface area contributed by atoms with Crippen LogP contribution in [0.5, 0.6) is 0 Å². The van der Waals surface area contributed by atoms with Gasteiger partial charge in [0.1, 0.15) is 0 Å². The molecule has 0 aliphatic heterocycles. The van der Waals surface area contributed by atoms with Crippen molar-refractivity contribution in [3.8, 4) is 11.8 Å². The van der Waals surface area contributed by atoms with Gasteiger partial charge < -0.3 is 0 Å². The Balaban J connectivity index is 1.53. The fraction of sp³-hybridized carbons (Fsp3) is 0.375. The van der Waals surface area contributed by atoms with Gasteiger partial charge in [0.05, 0.1) is 0 Å². The summed E-state index contributed by atoms with van der Waals surface area (Å²) < 4.78 is 0. The summed E-state index contributed by atoms with van der Waals surface area (Å²) in [7, 11) is 0. The normalized spacial score (nSPS) is 15.8. The second kappa shape index (κ2) is 8.20. The Hall–Kier alpha value is -2.00. The molecule has 0 heteroatoms. The van der Waals surface area contributed by atoms with Crippen molar-refractivity contribution in [2.75, 3.05) is 0 Å². The first-order chi connectivity index (χ1) is 11.7. The van der Waals surface area contributed by atoms with E-state index in [4.69, 9.17) is 0 Å². The Labute approximate surface area is 147 Å². The largest absolute Gasteiger partial charge is 0.0617 e. The molecule has 0 unspecified atom stereocenters. The first-order valence-electron chi connectivity index (χ1n) is 9.18. The number of hydrogen-bond donors (Lipinski definition) is 0. The molecule has 0 atom stereocenters. The zero-order valence-electron chi connectivity index (χ0n) is 14.9. The lowest BCUT2D eigenvalue weighted by Gasteiger charge is -2.25. The molecule has 0 N–H and O–H groups in total. The van der Waals surface area contributed by atoms with Gasteiger partial charge in [-0.15, -0.1) is 0 Å². The van der Waals surface area contributed by atoms with Crippen molar-refractivity contribution < 1.29 is 0 Å². The Bertz CT molecular complexity index is 686. The van der Waals surface area contributed by atoms with Crippen molar-refractivity contribution in [2.45, 2.75) is 52.4 Å². The number of hydrogen-bond acceptors (Lipinski definition) is 0. The minimum Gasteiger partial charge on any atom is -0.0617 e. The van der Waals surface area contributed by atoms with Gasteiger partial charge in [0, 0.05) is 11.1 Å². The van der Waals surface area contributed by atoms with Crippen molar-refractivity contribution in [3.63, 3.8) is 0 Å². The van der Waals surface area contributed by atoms with Crippen LogP contribution in [0.4, 0.5) is 0 Å². The van der Waals surface area contributed by atoms with Crippen LogP contribution in [0.3, 0.4) is 0 Å². The zero-order valence-corrected chi connectivity index (χ0v) is 14.9. The lowest BCUT2D eigenvalue weighted by Crippen LogP contribution is -2.11. The predicted octanol–water partition coefficient (Wildman–Crippen LogP) is 6.11. The zero-order chi connectivity index (χ0) is 16.8. The van der Waals surface area contributed by atoms with Crippen molar-refractivity contribution in [1.82, 2.24) is 0 Å². The molecule has 2 aromatic carbocycles. The van der Waals surface area contributed by atoms with Crippen LogP contribution in [0.25, 0.3) is 0 Å². The molecule has 123 valence electrons. The summed E-state index contributed by atoms with van der Waals surface area (Å²) >= 11 is 0. The van der Waals surface area contributed by atoms with Crippen LogP contribution in [0.1, 0.15) is 61.3 Å². The Kier molecular flexibility index (Phi) is 5.76. The highest BCUT2D eigenvalue weighted by Crippen LogP contribution is 2.32. The third-order valence-electron chi connectivity index (χ3n) is 5.16. The molecule has 2 aromatic rings. The average Bonchev–Trinajstić information content (AvgIpc) is 2.62. The molecule has 0 amide bonds. The van der Waals surface area contributed by atoms with Gasteiger partial charge >= 0.3 is 0 Å². The summed E-state index contributed by atoms with van der Waals surface area (Å²) in [5.74, 6) is 9.13. The second-order valence-electron chi connectivity index (χ2n) is 7.25. The maximum Gasteiger partial charge on any atom is 0.0249 e. The SMILES string of the molecule is C[C]1CCC(CCc2ccc(C#Cc3ccc(C)cc3)cc2)CC1. The quantitative estimate of drug-likeness (QED) is 0.599. The standard InChI is InChI=1S/C24H27/c1-19-3-7-21(8-4-19)11-13-23-15-17-24(18-16-23)14-12-22-9-5-20(2)6-10-22/h3-4,7-8,15-18,22H,5-6,9-10,12,14H2,1-2H3. The van der Waals surface area contributed by atoms with Crippen LogP contribution < -0.4 is 0 Å². The minimum atomic E-state index is 0.926. The molecule has 1 fully saturated rings. The smallest absolute Gasteiger partial charge is 0.0249 e. The molecular formula is C24H27. The molecule has 24 heavy (non-hydrogen) atoms. The monoisotopic (exact) mass is 315 g/mol. The van der Waals surface area contributed by atoms with E-state index in [-0.39, 0.29) is 0 Å². The van der Waals surface area contributed by atoms with Gasteiger partial charge in [-0.3, -0.25) is 0 Å². The summed E-state index contributed by atoms with van der Waals surface area (Å²) in [6.45, 7) is 4.41. The molecule has 0 nitrogen and oxygen atoms in total. The van der Waals surface area contributed by atoms with Crippen LogP contribution in [0.15, 0.2) is 48.5 Å². The topological polar surface area (TPSA) is 0 Å². The van der Waals surface area contributed by atoms with E-state index >= 15 is 0 Å². The summed E-state index contributed by atoms with van der Waals surface area (Å²) in [6, 6.07) is 17.2. The van der Waals surface area contributed by atoms with Crippen molar-refractivity contribution in [3.05, 3.63) is 76.7 Å². The van der Waals surface area contributed by atoms with E-state index in [2.05, 4.69) is 74.2 Å². The first kappa shape index (κ1) is 16.8. The minimum absolute atomic E-state index is 0.926. The highest BCUT2D eigenvalue weighted by molar-refractivity contribution is 5.43. The van der Waals surface area contributed by atoms with E-state index in [1.54, 1.807) is 5.92 Å². The molecule has 0 saturated heterocycles. The van der Waals surface area contributed by atoms with Gasteiger partial charge in [0.25, 0.3) is 0 Å². The van der Waals surface area contributed by atoms with Crippen LogP contribution in [-0.2, 0) is 6.42 Å². The van der Waals surface area contributed by atoms with E-state index in [0.29, 0.717) is 0 Å². The number of aryl methyl sites for hydroxylation is 2. The van der Waals surface area contributed by atoms with Gasteiger partial charge in [-0.2, -0.15) is 0 Å². The van der Waals surface area contributed by atoms with Crippen molar-refractivity contribution in [2.24, 2.45) is 5.92 Å². The lowest BCUT2D eigenvalue weighted by molar-refractivity contribution is 0.358. The summed E-state index contributed by atoms with van der Waals surface area (Å²) in [4.78, 5) is 0. The van der Waals surface area contributed by atoms with Crippen LogP contribution in [0.2, 0.25) is 0 Å². The van der Waals surface area contributed by atoms with Gasteiger partial charge in [-0.1, -0.05) is 48.6 Å². The molecule has 3 rings (SSSR count). The molecule has 0 spiro atoms. The van der Waals surface area contributed by atoms with Crippen LogP contribution in [0, 0.1) is 30.6 Å². The van der Waals surface area contributed by atoms with E-state index < -0.39 is 0 Å².